The van der Waals surface area contributed by atoms with Crippen LogP contribution in [0.25, 0.3) is 0 Å². The Bertz CT molecular complexity index is 302. The summed E-state index contributed by atoms with van der Waals surface area (Å²) in [5.41, 5.74) is 5.79. The van der Waals surface area contributed by atoms with Gasteiger partial charge >= 0.3 is 0 Å². The van der Waals surface area contributed by atoms with E-state index in [1.54, 1.807) is 0 Å². The molecule has 3 unspecified atom stereocenters. The largest absolute Gasteiger partial charge is 0.396 e. The van der Waals surface area contributed by atoms with E-state index in [-0.39, 0.29) is 30.5 Å². The molecule has 0 spiro atoms. The van der Waals surface area contributed by atoms with Crippen LogP contribution in [0, 0.1) is 5.92 Å². The van der Waals surface area contributed by atoms with Crippen LogP contribution in [-0.2, 0) is 4.79 Å². The van der Waals surface area contributed by atoms with E-state index in [4.69, 9.17) is 10.8 Å². The molecule has 0 bridgehead atoms. The van der Waals surface area contributed by atoms with Crippen molar-refractivity contribution in [3.05, 3.63) is 12.2 Å². The first-order valence-corrected chi connectivity index (χ1v) is 6.57. The maximum atomic E-state index is 12.4. The van der Waals surface area contributed by atoms with Gasteiger partial charge in [0.25, 0.3) is 0 Å². The maximum absolute atomic E-state index is 12.4. The fraction of sp³-hybridized carbons (Fsp3) is 0.769. The van der Waals surface area contributed by atoms with Crippen molar-refractivity contribution in [2.24, 2.45) is 11.7 Å². The van der Waals surface area contributed by atoms with Gasteiger partial charge in [-0.2, -0.15) is 0 Å². The van der Waals surface area contributed by atoms with Gasteiger partial charge in [-0.15, -0.1) is 0 Å². The molecule has 0 aromatic heterocycles. The summed E-state index contributed by atoms with van der Waals surface area (Å²) in [6, 6.07) is 0.261. The molecule has 2 rings (SSSR count). The van der Waals surface area contributed by atoms with Gasteiger partial charge in [0, 0.05) is 25.2 Å². The van der Waals surface area contributed by atoms with Crippen LogP contribution >= 0.6 is 0 Å². The van der Waals surface area contributed by atoms with Crippen molar-refractivity contribution in [1.82, 2.24) is 4.90 Å². The molecule has 3 atom stereocenters. The van der Waals surface area contributed by atoms with Crippen LogP contribution < -0.4 is 5.73 Å². The van der Waals surface area contributed by atoms with Crippen LogP contribution in [0.4, 0.5) is 0 Å². The number of rotatable bonds is 3. The number of nitrogens with zero attached hydrogens (tertiary/aromatic N) is 1. The number of nitrogens with two attached hydrogens (primary N) is 1. The summed E-state index contributed by atoms with van der Waals surface area (Å²) in [7, 11) is 0. The molecule has 1 fully saturated rings. The van der Waals surface area contributed by atoms with Crippen LogP contribution in [0.5, 0.6) is 0 Å². The monoisotopic (exact) mass is 238 g/mol. The highest BCUT2D eigenvalue weighted by Gasteiger charge is 2.32. The van der Waals surface area contributed by atoms with Gasteiger partial charge in [0.05, 0.1) is 5.92 Å². The topological polar surface area (TPSA) is 66.6 Å². The quantitative estimate of drug-likeness (QED) is 0.710. The highest BCUT2D eigenvalue weighted by Crippen LogP contribution is 2.25. The SMILES string of the molecule is NC1C=CC(C(=O)N2CCCCC2CCO)C1. The maximum Gasteiger partial charge on any atom is 0.229 e. The highest BCUT2D eigenvalue weighted by atomic mass is 16.3. The Hall–Kier alpha value is -0.870. The first-order valence-electron chi connectivity index (χ1n) is 6.57. The number of aliphatic hydroxyl groups is 1. The lowest BCUT2D eigenvalue weighted by atomic mass is 9.96. The third kappa shape index (κ3) is 2.87. The molecule has 3 N–H and O–H groups in total. The van der Waals surface area contributed by atoms with Crippen LogP contribution in [-0.4, -0.2) is 41.1 Å². The number of hydrogen-bond donors (Lipinski definition) is 2. The Balaban J connectivity index is 1.98. The molecule has 17 heavy (non-hydrogen) atoms. The molecule has 4 nitrogen and oxygen atoms in total. The van der Waals surface area contributed by atoms with Crippen LogP contribution in [0.15, 0.2) is 12.2 Å². The third-order valence-electron chi connectivity index (χ3n) is 3.81. The number of hydrogen-bond acceptors (Lipinski definition) is 3. The van der Waals surface area contributed by atoms with Gasteiger partial charge in [-0.1, -0.05) is 12.2 Å². The van der Waals surface area contributed by atoms with E-state index in [0.29, 0.717) is 6.42 Å². The van der Waals surface area contributed by atoms with Crippen LogP contribution in [0.1, 0.15) is 32.1 Å². The summed E-state index contributed by atoms with van der Waals surface area (Å²) in [5.74, 6) is 0.164. The summed E-state index contributed by atoms with van der Waals surface area (Å²) in [5, 5.41) is 9.05. The number of aliphatic hydroxyl groups excluding tert-OH is 1. The van der Waals surface area contributed by atoms with E-state index in [1.807, 2.05) is 17.1 Å². The zero-order valence-corrected chi connectivity index (χ0v) is 10.2. The summed E-state index contributed by atoms with van der Waals surface area (Å²) < 4.78 is 0. The number of amides is 1. The van der Waals surface area contributed by atoms with Crippen molar-refractivity contribution in [1.29, 1.82) is 0 Å². The van der Waals surface area contributed by atoms with Crippen molar-refractivity contribution in [2.45, 2.75) is 44.2 Å². The zero-order valence-electron chi connectivity index (χ0n) is 10.2. The average Bonchev–Trinajstić information content (AvgIpc) is 2.76. The fourth-order valence-corrected chi connectivity index (χ4v) is 2.86. The molecule has 2 aliphatic rings. The second kappa shape index (κ2) is 5.65. The second-order valence-electron chi connectivity index (χ2n) is 5.08. The van der Waals surface area contributed by atoms with Crippen molar-refractivity contribution < 1.29 is 9.90 Å². The lowest BCUT2D eigenvalue weighted by molar-refractivity contribution is -0.138. The molecule has 4 heteroatoms. The van der Waals surface area contributed by atoms with Gasteiger partial charge in [0.1, 0.15) is 0 Å². The molecule has 0 aromatic rings. The Labute approximate surface area is 102 Å². The summed E-state index contributed by atoms with van der Waals surface area (Å²) in [6.45, 7) is 0.998. The highest BCUT2D eigenvalue weighted by molar-refractivity contribution is 5.81. The smallest absolute Gasteiger partial charge is 0.229 e. The normalized spacial score (nSPS) is 33.1. The van der Waals surface area contributed by atoms with Crippen molar-refractivity contribution in [3.8, 4) is 0 Å². The Morgan fingerprint density at radius 1 is 1.41 bits per heavy atom. The van der Waals surface area contributed by atoms with E-state index in [0.717, 1.165) is 32.2 Å². The molecule has 1 saturated heterocycles. The molecule has 0 saturated carbocycles. The van der Waals surface area contributed by atoms with Crippen LogP contribution in [0.2, 0.25) is 0 Å². The Morgan fingerprint density at radius 3 is 2.88 bits per heavy atom. The predicted molar refractivity (Wildman–Crippen MR) is 66.3 cm³/mol. The van der Waals surface area contributed by atoms with Crippen molar-refractivity contribution >= 4 is 5.91 Å². The lowest BCUT2D eigenvalue weighted by Crippen LogP contribution is -2.46. The summed E-state index contributed by atoms with van der Waals surface area (Å²) in [4.78, 5) is 14.3. The zero-order chi connectivity index (χ0) is 12.3. The van der Waals surface area contributed by atoms with E-state index in [1.165, 1.54) is 0 Å². The molecule has 0 aromatic carbocycles. The van der Waals surface area contributed by atoms with Crippen LogP contribution in [0.3, 0.4) is 0 Å². The lowest BCUT2D eigenvalue weighted by Gasteiger charge is -2.37. The van der Waals surface area contributed by atoms with Gasteiger partial charge in [0.15, 0.2) is 0 Å². The Kier molecular flexibility index (Phi) is 4.18. The number of piperidine rings is 1. The van der Waals surface area contributed by atoms with E-state index in [9.17, 15) is 4.79 Å². The molecule has 0 radical (unpaired) electrons. The third-order valence-corrected chi connectivity index (χ3v) is 3.81. The average molecular weight is 238 g/mol. The molecule has 1 amide bonds. The second-order valence-corrected chi connectivity index (χ2v) is 5.08. The van der Waals surface area contributed by atoms with E-state index < -0.39 is 0 Å². The van der Waals surface area contributed by atoms with Gasteiger partial charge < -0.3 is 15.7 Å². The summed E-state index contributed by atoms with van der Waals surface area (Å²) in [6.07, 6.45) is 8.57. The Morgan fingerprint density at radius 2 is 2.24 bits per heavy atom. The standard InChI is InChI=1S/C13H22N2O2/c14-11-5-4-10(9-11)13(17)15-7-2-1-3-12(15)6-8-16/h4-5,10-12,16H,1-3,6-9,14H2. The predicted octanol–water partition coefficient (Wildman–Crippen LogP) is 0.653. The molecular formula is C13H22N2O2. The van der Waals surface area contributed by atoms with Gasteiger partial charge in [0.2, 0.25) is 5.91 Å². The number of carbonyl (C=O) groups excluding carboxylic acids is 1. The van der Waals surface area contributed by atoms with E-state index >= 15 is 0 Å². The molecule has 1 heterocycles. The number of carbonyl (C=O) groups is 1. The molecule has 1 aliphatic carbocycles. The van der Waals surface area contributed by atoms with E-state index in [2.05, 4.69) is 0 Å². The molecule has 1 aliphatic heterocycles. The summed E-state index contributed by atoms with van der Waals surface area (Å²) >= 11 is 0. The van der Waals surface area contributed by atoms with Crippen molar-refractivity contribution in [3.63, 3.8) is 0 Å². The van der Waals surface area contributed by atoms with Gasteiger partial charge in [-0.05, 0) is 32.1 Å². The van der Waals surface area contributed by atoms with Gasteiger partial charge in [-0.3, -0.25) is 4.79 Å². The molecular weight excluding hydrogens is 216 g/mol. The van der Waals surface area contributed by atoms with Gasteiger partial charge in [-0.25, -0.2) is 0 Å². The minimum atomic E-state index is -0.0377. The minimum Gasteiger partial charge on any atom is -0.396 e. The molecule has 96 valence electrons. The number of likely N-dealkylation sites (tertiary alicyclic amines) is 1. The minimum absolute atomic E-state index is 0.0324. The first-order chi connectivity index (χ1) is 8.22. The first kappa shape index (κ1) is 12.6. The van der Waals surface area contributed by atoms with Crippen molar-refractivity contribution in [2.75, 3.05) is 13.2 Å². The fourth-order valence-electron chi connectivity index (χ4n) is 2.86.